The van der Waals surface area contributed by atoms with Gasteiger partial charge in [0, 0.05) is 0 Å². The van der Waals surface area contributed by atoms with Crippen molar-refractivity contribution in [3.8, 4) is 0 Å². The van der Waals surface area contributed by atoms with Crippen LogP contribution in [0.15, 0.2) is 0 Å². The highest BCUT2D eigenvalue weighted by atomic mass is 14.4. The van der Waals surface area contributed by atoms with E-state index < -0.39 is 0 Å². The second-order valence-corrected chi connectivity index (χ2v) is 5.49. The van der Waals surface area contributed by atoms with Crippen molar-refractivity contribution in [2.75, 3.05) is 0 Å². The van der Waals surface area contributed by atoms with E-state index in [4.69, 9.17) is 0 Å². The number of hydrogen-bond acceptors (Lipinski definition) is 0. The van der Waals surface area contributed by atoms with Gasteiger partial charge < -0.3 is 0 Å². The van der Waals surface area contributed by atoms with Gasteiger partial charge in [0.1, 0.15) is 0 Å². The molecule has 3 unspecified atom stereocenters. The molecule has 0 N–H and O–H groups in total. The summed E-state index contributed by atoms with van der Waals surface area (Å²) in [6.45, 7) is 9.52. The van der Waals surface area contributed by atoms with Gasteiger partial charge in [-0.25, -0.2) is 0 Å². The van der Waals surface area contributed by atoms with Gasteiger partial charge in [-0.2, -0.15) is 0 Å². The van der Waals surface area contributed by atoms with Crippen LogP contribution < -0.4 is 0 Å². The van der Waals surface area contributed by atoms with Crippen LogP contribution in [-0.2, 0) is 0 Å². The van der Waals surface area contributed by atoms with Gasteiger partial charge >= 0.3 is 0 Å². The van der Waals surface area contributed by atoms with E-state index in [-0.39, 0.29) is 0 Å². The lowest BCUT2D eigenvalue weighted by Crippen LogP contribution is -2.19. The number of rotatable bonds is 5. The molecule has 1 aliphatic carbocycles. The average molecular weight is 196 g/mol. The highest BCUT2D eigenvalue weighted by Gasteiger charge is 2.35. The van der Waals surface area contributed by atoms with Gasteiger partial charge in [0.25, 0.3) is 0 Å². The van der Waals surface area contributed by atoms with Crippen LogP contribution in [0.1, 0.15) is 66.2 Å². The van der Waals surface area contributed by atoms with Crippen molar-refractivity contribution in [3.05, 3.63) is 0 Å². The van der Waals surface area contributed by atoms with Crippen LogP contribution in [0.5, 0.6) is 0 Å². The topological polar surface area (TPSA) is 0 Å². The Bertz CT molecular complexity index is 148. The van der Waals surface area contributed by atoms with Gasteiger partial charge in [-0.1, -0.05) is 53.4 Å². The highest BCUT2D eigenvalue weighted by Crippen LogP contribution is 2.45. The fourth-order valence-electron chi connectivity index (χ4n) is 3.52. The summed E-state index contributed by atoms with van der Waals surface area (Å²) in [5.74, 6) is 4.06. The summed E-state index contributed by atoms with van der Waals surface area (Å²) in [5, 5.41) is 0. The summed E-state index contributed by atoms with van der Waals surface area (Å²) in [6, 6.07) is 0. The Morgan fingerprint density at radius 1 is 1.00 bits per heavy atom. The third-order valence-corrected chi connectivity index (χ3v) is 4.16. The fraction of sp³-hybridized carbons (Fsp3) is 1.00. The SMILES string of the molecule is CCCC1CCC(C(C)C)C1CCC. The van der Waals surface area contributed by atoms with Crippen molar-refractivity contribution >= 4 is 0 Å². The van der Waals surface area contributed by atoms with Gasteiger partial charge in [-0.15, -0.1) is 0 Å². The first kappa shape index (κ1) is 12.1. The normalized spacial score (nSPS) is 32.8. The Kier molecular flexibility index (Phi) is 4.98. The summed E-state index contributed by atoms with van der Waals surface area (Å²) in [4.78, 5) is 0. The molecule has 0 aromatic heterocycles. The Morgan fingerprint density at radius 3 is 2.14 bits per heavy atom. The molecule has 0 aromatic rings. The van der Waals surface area contributed by atoms with Crippen LogP contribution in [0, 0.1) is 23.7 Å². The van der Waals surface area contributed by atoms with E-state index in [9.17, 15) is 0 Å². The standard InChI is InChI=1S/C14H28/c1-5-7-12-9-10-13(11(3)4)14(12)8-6-2/h11-14H,5-10H2,1-4H3. The van der Waals surface area contributed by atoms with Gasteiger partial charge in [0.15, 0.2) is 0 Å². The Balaban J connectivity index is 2.54. The lowest BCUT2D eigenvalue weighted by atomic mass is 9.79. The van der Waals surface area contributed by atoms with Crippen LogP contribution in [0.2, 0.25) is 0 Å². The van der Waals surface area contributed by atoms with Gasteiger partial charge in [-0.3, -0.25) is 0 Å². The Hall–Kier alpha value is 0. The fourth-order valence-corrected chi connectivity index (χ4v) is 3.52. The molecule has 14 heavy (non-hydrogen) atoms. The zero-order valence-electron chi connectivity index (χ0n) is 10.6. The second kappa shape index (κ2) is 5.78. The molecule has 0 nitrogen and oxygen atoms in total. The van der Waals surface area contributed by atoms with Crippen molar-refractivity contribution in [2.45, 2.75) is 66.2 Å². The molecule has 1 fully saturated rings. The molecular formula is C14H28. The minimum absolute atomic E-state index is 0.911. The molecule has 0 saturated heterocycles. The van der Waals surface area contributed by atoms with Crippen molar-refractivity contribution in [1.29, 1.82) is 0 Å². The monoisotopic (exact) mass is 196 g/mol. The molecule has 1 aliphatic rings. The Morgan fingerprint density at radius 2 is 1.64 bits per heavy atom. The molecule has 0 aliphatic heterocycles. The largest absolute Gasteiger partial charge is 0.0654 e. The van der Waals surface area contributed by atoms with Crippen LogP contribution >= 0.6 is 0 Å². The number of hydrogen-bond donors (Lipinski definition) is 0. The minimum Gasteiger partial charge on any atom is -0.0654 e. The van der Waals surface area contributed by atoms with Gasteiger partial charge in [0.2, 0.25) is 0 Å². The maximum atomic E-state index is 2.42. The molecule has 0 spiro atoms. The predicted molar refractivity (Wildman–Crippen MR) is 64.4 cm³/mol. The van der Waals surface area contributed by atoms with Gasteiger partial charge in [0.05, 0.1) is 0 Å². The summed E-state index contributed by atoms with van der Waals surface area (Å²) >= 11 is 0. The van der Waals surface area contributed by atoms with E-state index in [1.807, 2.05) is 0 Å². The first-order valence-corrected chi connectivity index (χ1v) is 6.70. The van der Waals surface area contributed by atoms with Crippen molar-refractivity contribution < 1.29 is 0 Å². The maximum Gasteiger partial charge on any atom is -0.0355 e. The molecule has 0 amide bonds. The lowest BCUT2D eigenvalue weighted by Gasteiger charge is -2.27. The van der Waals surface area contributed by atoms with Crippen LogP contribution in [-0.4, -0.2) is 0 Å². The minimum atomic E-state index is 0.911. The summed E-state index contributed by atoms with van der Waals surface area (Å²) in [7, 11) is 0. The molecule has 0 aromatic carbocycles. The van der Waals surface area contributed by atoms with E-state index in [0.717, 1.165) is 23.7 Å². The van der Waals surface area contributed by atoms with Crippen molar-refractivity contribution in [1.82, 2.24) is 0 Å². The highest BCUT2D eigenvalue weighted by molar-refractivity contribution is 4.85. The predicted octanol–water partition coefficient (Wildman–Crippen LogP) is 4.89. The van der Waals surface area contributed by atoms with Crippen molar-refractivity contribution in [3.63, 3.8) is 0 Å². The molecule has 3 atom stereocenters. The molecule has 0 heteroatoms. The maximum absolute atomic E-state index is 2.42. The molecule has 84 valence electrons. The van der Waals surface area contributed by atoms with Gasteiger partial charge in [-0.05, 0) is 36.5 Å². The zero-order valence-corrected chi connectivity index (χ0v) is 10.6. The molecular weight excluding hydrogens is 168 g/mol. The first-order chi connectivity index (χ1) is 6.70. The summed E-state index contributed by atoms with van der Waals surface area (Å²) in [6.07, 6.45) is 8.75. The summed E-state index contributed by atoms with van der Waals surface area (Å²) < 4.78 is 0. The molecule has 1 saturated carbocycles. The zero-order chi connectivity index (χ0) is 10.6. The van der Waals surface area contributed by atoms with E-state index in [1.165, 1.54) is 38.5 Å². The van der Waals surface area contributed by atoms with E-state index >= 15 is 0 Å². The van der Waals surface area contributed by atoms with E-state index in [1.54, 1.807) is 0 Å². The molecule has 0 radical (unpaired) electrons. The van der Waals surface area contributed by atoms with Crippen LogP contribution in [0.3, 0.4) is 0 Å². The molecule has 0 heterocycles. The molecule has 0 bridgehead atoms. The van der Waals surface area contributed by atoms with Crippen LogP contribution in [0.25, 0.3) is 0 Å². The second-order valence-electron chi connectivity index (χ2n) is 5.49. The average Bonchev–Trinajstić information content (AvgIpc) is 2.50. The third kappa shape index (κ3) is 2.74. The third-order valence-electron chi connectivity index (χ3n) is 4.16. The Labute approximate surface area is 90.5 Å². The van der Waals surface area contributed by atoms with Crippen LogP contribution in [0.4, 0.5) is 0 Å². The summed E-state index contributed by atoms with van der Waals surface area (Å²) in [5.41, 5.74) is 0. The van der Waals surface area contributed by atoms with Crippen molar-refractivity contribution in [2.24, 2.45) is 23.7 Å². The van der Waals surface area contributed by atoms with E-state index in [0.29, 0.717) is 0 Å². The lowest BCUT2D eigenvalue weighted by molar-refractivity contribution is 0.227. The quantitative estimate of drug-likeness (QED) is 0.587. The first-order valence-electron chi connectivity index (χ1n) is 6.70. The molecule has 1 rings (SSSR count). The smallest absolute Gasteiger partial charge is 0.0355 e. The van der Waals surface area contributed by atoms with E-state index in [2.05, 4.69) is 27.7 Å².